The van der Waals surface area contributed by atoms with E-state index in [1.165, 1.54) is 28.3 Å². The van der Waals surface area contributed by atoms with Gasteiger partial charge in [0.2, 0.25) is 0 Å². The van der Waals surface area contributed by atoms with Crippen molar-refractivity contribution < 1.29 is 27.7 Å². The van der Waals surface area contributed by atoms with Gasteiger partial charge in [0.25, 0.3) is 0 Å². The molecule has 1 rings (SSSR count). The van der Waals surface area contributed by atoms with Gasteiger partial charge in [0.1, 0.15) is 23.4 Å². The predicted molar refractivity (Wildman–Crippen MR) is 75.4 cm³/mol. The average Bonchev–Trinajstić information content (AvgIpc) is 2.42. The van der Waals surface area contributed by atoms with Crippen LogP contribution in [0.1, 0.15) is 18.6 Å². The van der Waals surface area contributed by atoms with E-state index < -0.39 is 21.2 Å². The van der Waals surface area contributed by atoms with E-state index in [9.17, 15) is 13.5 Å². The van der Waals surface area contributed by atoms with Gasteiger partial charge in [0.15, 0.2) is 9.84 Å². The highest BCUT2D eigenvalue weighted by Gasteiger charge is 2.31. The van der Waals surface area contributed by atoms with Gasteiger partial charge in [-0.3, -0.25) is 0 Å². The molecular formula is C13H20O6S. The maximum Gasteiger partial charge on any atom is 0.152 e. The van der Waals surface area contributed by atoms with E-state index in [-0.39, 0.29) is 5.56 Å². The van der Waals surface area contributed by atoms with Crippen LogP contribution in [0.2, 0.25) is 0 Å². The van der Waals surface area contributed by atoms with Crippen LogP contribution in [0.3, 0.4) is 0 Å². The molecule has 0 radical (unpaired) electrons. The van der Waals surface area contributed by atoms with Gasteiger partial charge in [-0.1, -0.05) is 0 Å². The maximum atomic E-state index is 11.6. The van der Waals surface area contributed by atoms with E-state index in [4.69, 9.17) is 14.2 Å². The first kappa shape index (κ1) is 16.6. The van der Waals surface area contributed by atoms with Crippen LogP contribution in [0.15, 0.2) is 12.1 Å². The molecule has 2 atom stereocenters. The molecule has 0 aromatic heterocycles. The van der Waals surface area contributed by atoms with Crippen molar-refractivity contribution in [3.63, 3.8) is 0 Å². The fraction of sp³-hybridized carbons (Fsp3) is 0.538. The Bertz CT molecular complexity index is 541. The molecule has 0 bridgehead atoms. The summed E-state index contributed by atoms with van der Waals surface area (Å²) in [6.07, 6.45) is -0.190. The fourth-order valence-electron chi connectivity index (χ4n) is 1.79. The molecule has 0 aliphatic carbocycles. The third kappa shape index (κ3) is 3.34. The number of sulfone groups is 1. The molecule has 0 amide bonds. The van der Waals surface area contributed by atoms with Crippen LogP contribution in [0.5, 0.6) is 17.2 Å². The zero-order valence-corrected chi connectivity index (χ0v) is 13.0. The van der Waals surface area contributed by atoms with Crippen LogP contribution >= 0.6 is 0 Å². The quantitative estimate of drug-likeness (QED) is 0.850. The molecule has 1 N–H and O–H groups in total. The van der Waals surface area contributed by atoms with Crippen LogP contribution in [0.4, 0.5) is 0 Å². The molecule has 1 aromatic carbocycles. The van der Waals surface area contributed by atoms with Crippen LogP contribution < -0.4 is 14.2 Å². The number of benzene rings is 1. The lowest BCUT2D eigenvalue weighted by molar-refractivity contribution is 0.167. The Morgan fingerprint density at radius 2 is 1.50 bits per heavy atom. The smallest absolute Gasteiger partial charge is 0.152 e. The van der Waals surface area contributed by atoms with Crippen molar-refractivity contribution in [2.45, 2.75) is 18.3 Å². The molecule has 1 aromatic rings. The molecular weight excluding hydrogens is 284 g/mol. The Morgan fingerprint density at radius 3 is 1.80 bits per heavy atom. The molecule has 0 aliphatic heterocycles. The number of hydrogen-bond donors (Lipinski definition) is 1. The second-order valence-corrected chi connectivity index (χ2v) is 6.83. The van der Waals surface area contributed by atoms with E-state index in [2.05, 4.69) is 0 Å². The minimum atomic E-state index is -3.41. The highest BCUT2D eigenvalue weighted by atomic mass is 32.2. The molecule has 2 unspecified atom stereocenters. The van der Waals surface area contributed by atoms with Crippen molar-refractivity contribution in [3.05, 3.63) is 17.7 Å². The number of rotatable bonds is 6. The van der Waals surface area contributed by atoms with E-state index in [1.807, 2.05) is 0 Å². The topological polar surface area (TPSA) is 82.1 Å². The molecule has 7 heteroatoms. The minimum Gasteiger partial charge on any atom is -0.496 e. The highest BCUT2D eigenvalue weighted by Crippen LogP contribution is 2.40. The number of methoxy groups -OCH3 is 3. The van der Waals surface area contributed by atoms with Gasteiger partial charge in [-0.15, -0.1) is 0 Å². The Morgan fingerprint density at radius 1 is 1.05 bits per heavy atom. The summed E-state index contributed by atoms with van der Waals surface area (Å²) in [6.45, 7) is 1.43. The second kappa shape index (κ2) is 6.32. The molecule has 114 valence electrons. The third-order valence-electron chi connectivity index (χ3n) is 3.17. The summed E-state index contributed by atoms with van der Waals surface area (Å²) in [4.78, 5) is 0. The van der Waals surface area contributed by atoms with Crippen LogP contribution in [0, 0.1) is 0 Å². The van der Waals surface area contributed by atoms with Crippen molar-refractivity contribution in [2.75, 3.05) is 27.6 Å². The fourth-order valence-corrected chi connectivity index (χ4v) is 2.40. The van der Waals surface area contributed by atoms with E-state index in [0.29, 0.717) is 17.2 Å². The first-order valence-electron chi connectivity index (χ1n) is 5.93. The summed E-state index contributed by atoms with van der Waals surface area (Å²) in [7, 11) is 0.934. The van der Waals surface area contributed by atoms with Crippen molar-refractivity contribution >= 4 is 9.84 Å². The number of ether oxygens (including phenoxy) is 3. The standard InChI is InChI=1S/C13H20O6S/c1-8(20(5,15)16)13(14)12-10(18-3)6-9(17-2)7-11(12)19-4/h6-8,13-14H,1-5H3. The lowest BCUT2D eigenvalue weighted by Gasteiger charge is -2.22. The first-order valence-corrected chi connectivity index (χ1v) is 7.88. The molecule has 0 aliphatic rings. The highest BCUT2D eigenvalue weighted by molar-refractivity contribution is 7.91. The third-order valence-corrected chi connectivity index (χ3v) is 4.78. The summed E-state index contributed by atoms with van der Waals surface area (Å²) in [5, 5.41) is 9.34. The summed E-state index contributed by atoms with van der Waals surface area (Å²) < 4.78 is 38.7. The van der Waals surface area contributed by atoms with Gasteiger partial charge in [-0.25, -0.2) is 8.42 Å². The van der Waals surface area contributed by atoms with Gasteiger partial charge < -0.3 is 19.3 Å². The molecule has 0 saturated heterocycles. The Hall–Kier alpha value is -1.47. The molecule has 0 saturated carbocycles. The molecule has 0 spiro atoms. The largest absolute Gasteiger partial charge is 0.496 e. The minimum absolute atomic E-state index is 0.286. The van der Waals surface area contributed by atoms with E-state index in [0.717, 1.165) is 6.26 Å². The zero-order valence-electron chi connectivity index (χ0n) is 12.2. The lowest BCUT2D eigenvalue weighted by atomic mass is 10.0. The van der Waals surface area contributed by atoms with Crippen molar-refractivity contribution in [1.29, 1.82) is 0 Å². The van der Waals surface area contributed by atoms with Crippen LogP contribution in [0.25, 0.3) is 0 Å². The van der Waals surface area contributed by atoms with Gasteiger partial charge in [-0.2, -0.15) is 0 Å². The molecule has 6 nitrogen and oxygen atoms in total. The van der Waals surface area contributed by atoms with Gasteiger partial charge in [-0.05, 0) is 6.92 Å². The monoisotopic (exact) mass is 304 g/mol. The number of hydrogen-bond acceptors (Lipinski definition) is 6. The Kier molecular flexibility index (Phi) is 5.24. The Balaban J connectivity index is 3.42. The van der Waals surface area contributed by atoms with E-state index >= 15 is 0 Å². The second-order valence-electron chi connectivity index (χ2n) is 4.43. The van der Waals surface area contributed by atoms with Crippen molar-refractivity contribution in [3.8, 4) is 17.2 Å². The lowest BCUT2D eigenvalue weighted by Crippen LogP contribution is -2.25. The molecule has 0 heterocycles. The maximum absolute atomic E-state index is 11.6. The molecule has 20 heavy (non-hydrogen) atoms. The Labute approximate surface area is 119 Å². The summed E-state index contributed by atoms with van der Waals surface area (Å²) in [5.74, 6) is 1.11. The summed E-state index contributed by atoms with van der Waals surface area (Å²) in [5.41, 5.74) is 0.286. The predicted octanol–water partition coefficient (Wildman–Crippen LogP) is 1.18. The van der Waals surface area contributed by atoms with Crippen LogP contribution in [-0.4, -0.2) is 46.4 Å². The van der Waals surface area contributed by atoms with Gasteiger partial charge >= 0.3 is 0 Å². The van der Waals surface area contributed by atoms with Gasteiger partial charge in [0.05, 0.1) is 32.1 Å². The number of aliphatic hydroxyl groups excluding tert-OH is 1. The zero-order chi connectivity index (χ0) is 15.5. The summed E-state index contributed by atoms with van der Waals surface area (Å²) >= 11 is 0. The van der Waals surface area contributed by atoms with Crippen molar-refractivity contribution in [1.82, 2.24) is 0 Å². The normalized spacial score (nSPS) is 14.5. The van der Waals surface area contributed by atoms with Crippen LogP contribution in [-0.2, 0) is 9.84 Å². The number of aliphatic hydroxyl groups is 1. The average molecular weight is 304 g/mol. The first-order chi connectivity index (χ1) is 9.26. The SMILES string of the molecule is COc1cc(OC)c(C(O)C(C)S(C)(=O)=O)c(OC)c1. The van der Waals surface area contributed by atoms with Gasteiger partial charge in [0, 0.05) is 18.4 Å². The molecule has 0 fully saturated rings. The summed E-state index contributed by atoms with van der Waals surface area (Å²) in [6, 6.07) is 3.13. The van der Waals surface area contributed by atoms with Crippen molar-refractivity contribution in [2.24, 2.45) is 0 Å². The van der Waals surface area contributed by atoms with E-state index in [1.54, 1.807) is 12.1 Å².